The molecule has 0 fully saturated rings. The highest BCUT2D eigenvalue weighted by Gasteiger charge is 2.23. The van der Waals surface area contributed by atoms with Crippen LogP contribution in [-0.4, -0.2) is 50.9 Å². The van der Waals surface area contributed by atoms with Crippen molar-refractivity contribution in [2.45, 2.75) is 3.79 Å². The number of nitrogens with zero attached hydrogens (tertiary/aromatic N) is 1. The summed E-state index contributed by atoms with van der Waals surface area (Å²) < 4.78 is 2.70. The van der Waals surface area contributed by atoms with E-state index in [1.165, 1.54) is 0 Å². The number of carboxylic acids is 1. The topological polar surface area (TPSA) is 102 Å². The largest absolute Gasteiger partial charge is 0.476 e. The highest BCUT2D eigenvalue weighted by Crippen LogP contribution is 2.25. The molecule has 108 valence electrons. The first-order chi connectivity index (χ1) is 8.67. The van der Waals surface area contributed by atoms with Gasteiger partial charge in [0.2, 0.25) is 21.9 Å². The summed E-state index contributed by atoms with van der Waals surface area (Å²) in [6.45, 7) is -1.23. The van der Waals surface area contributed by atoms with Crippen LogP contribution in [0.4, 0.5) is 0 Å². The number of alkyl halides is 4. The van der Waals surface area contributed by atoms with E-state index in [2.05, 4.69) is 30.7 Å². The van der Waals surface area contributed by atoms with Crippen LogP contribution in [0.5, 0.6) is 0 Å². The van der Waals surface area contributed by atoms with Gasteiger partial charge in [0.05, 0.1) is 5.33 Å². The molecule has 0 amide bonds. The van der Waals surface area contributed by atoms with Gasteiger partial charge in [-0.05, 0) is 0 Å². The average molecular weight is 399 g/mol. The van der Waals surface area contributed by atoms with E-state index in [1.807, 2.05) is 0 Å². The van der Waals surface area contributed by atoms with Gasteiger partial charge in [-0.2, -0.15) is 0 Å². The predicted octanol–water partition coefficient (Wildman–Crippen LogP) is 1.32. The average Bonchev–Trinajstić information content (AvgIpc) is 2.29. The number of halogens is 4. The van der Waals surface area contributed by atoms with E-state index in [0.717, 1.165) is 0 Å². The summed E-state index contributed by atoms with van der Waals surface area (Å²) in [5.41, 5.74) is -0.856. The van der Waals surface area contributed by atoms with Gasteiger partial charge in [-0.25, -0.2) is 9.59 Å². The van der Waals surface area contributed by atoms with Gasteiger partial charge in [0.15, 0.2) is 0 Å². The molecule has 0 aliphatic rings. The predicted molar refractivity (Wildman–Crippen MR) is 71.1 cm³/mol. The highest BCUT2D eigenvalue weighted by molar-refractivity contribution is 9.09. The minimum absolute atomic E-state index is 0.251. The van der Waals surface area contributed by atoms with E-state index in [9.17, 15) is 14.4 Å². The zero-order valence-electron chi connectivity index (χ0n) is 9.07. The first-order valence-electron chi connectivity index (χ1n) is 4.42. The van der Waals surface area contributed by atoms with E-state index in [-0.39, 0.29) is 5.33 Å². The molecule has 0 unspecified atom stereocenters. The monoisotopic (exact) mass is 397 g/mol. The van der Waals surface area contributed by atoms with Gasteiger partial charge in [0.1, 0.15) is 6.61 Å². The molecule has 11 heteroatoms. The maximum absolute atomic E-state index is 11.1. The van der Waals surface area contributed by atoms with Crippen LogP contribution in [0.3, 0.4) is 0 Å². The number of carbonyl (C=O) groups excluding carboxylic acids is 2. The smallest absolute Gasteiger partial charge is 0.361 e. The Morgan fingerprint density at radius 1 is 1.26 bits per heavy atom. The fourth-order valence-corrected chi connectivity index (χ4v) is 1.06. The van der Waals surface area contributed by atoms with E-state index >= 15 is 0 Å². The molecular weight excluding hydrogens is 392 g/mol. The third-order valence-corrected chi connectivity index (χ3v) is 2.16. The summed E-state index contributed by atoms with van der Waals surface area (Å²) in [4.78, 5) is 37.1. The number of aliphatic carboxylic acids is 1. The third kappa shape index (κ3) is 9.04. The lowest BCUT2D eigenvalue weighted by molar-refractivity contribution is -0.149. The van der Waals surface area contributed by atoms with Crippen molar-refractivity contribution < 1.29 is 29.1 Å². The molecule has 0 spiro atoms. The van der Waals surface area contributed by atoms with Gasteiger partial charge in [0.25, 0.3) is 0 Å². The van der Waals surface area contributed by atoms with Gasteiger partial charge >= 0.3 is 11.9 Å². The maximum Gasteiger partial charge on any atom is 0.361 e. The zero-order chi connectivity index (χ0) is 15.1. The molecule has 0 saturated carbocycles. The minimum Gasteiger partial charge on any atom is -0.476 e. The van der Waals surface area contributed by atoms with Crippen molar-refractivity contribution in [2.24, 2.45) is 5.16 Å². The highest BCUT2D eigenvalue weighted by atomic mass is 79.9. The molecule has 19 heavy (non-hydrogen) atoms. The number of ketones is 1. The lowest BCUT2D eigenvalue weighted by Crippen LogP contribution is -2.26. The molecule has 0 aliphatic heterocycles. The Balaban J connectivity index is 4.28. The first kappa shape index (κ1) is 18.4. The second kappa shape index (κ2) is 8.57. The number of esters is 1. The second-order valence-corrected chi connectivity index (χ2v) is 5.93. The number of carboxylic acid groups (broad SMARTS) is 1. The van der Waals surface area contributed by atoms with Crippen LogP contribution in [0.2, 0.25) is 0 Å². The number of hydrogen-bond donors (Lipinski definition) is 1. The Morgan fingerprint density at radius 3 is 2.26 bits per heavy atom. The van der Waals surface area contributed by atoms with Crippen LogP contribution < -0.4 is 0 Å². The number of Topliss-reactive ketones (excluding diaryl/α,β-unsaturated/α-hetero) is 1. The SMILES string of the molecule is O=C(CON=C(C(=O)O)C(=O)CBr)OCC(Cl)(Cl)Cl. The molecule has 7 nitrogen and oxygen atoms in total. The summed E-state index contributed by atoms with van der Waals surface area (Å²) in [5, 5.41) is 11.4. The third-order valence-electron chi connectivity index (χ3n) is 1.32. The molecule has 0 heterocycles. The van der Waals surface area contributed by atoms with Crippen molar-refractivity contribution in [1.29, 1.82) is 0 Å². The van der Waals surface area contributed by atoms with Crippen molar-refractivity contribution in [3.63, 3.8) is 0 Å². The Morgan fingerprint density at radius 2 is 1.84 bits per heavy atom. The van der Waals surface area contributed by atoms with Crippen LogP contribution in [0, 0.1) is 0 Å². The standard InChI is InChI=1S/C8H7BrCl3NO6/c9-1-4(14)6(7(16)17)13-19-2-5(15)18-3-8(10,11)12/h1-3H2,(H,16,17). The van der Waals surface area contributed by atoms with Gasteiger partial charge in [0, 0.05) is 0 Å². The molecule has 0 atom stereocenters. The van der Waals surface area contributed by atoms with Crippen molar-refractivity contribution in [3.8, 4) is 0 Å². The van der Waals surface area contributed by atoms with E-state index < -0.39 is 40.4 Å². The molecule has 0 aromatic heterocycles. The maximum atomic E-state index is 11.1. The van der Waals surface area contributed by atoms with Crippen molar-refractivity contribution >= 4 is 74.2 Å². The van der Waals surface area contributed by atoms with Gasteiger partial charge in [-0.15, -0.1) is 0 Å². The van der Waals surface area contributed by atoms with Crippen molar-refractivity contribution in [3.05, 3.63) is 0 Å². The Bertz CT molecular complexity index is 394. The molecule has 0 rings (SSSR count). The van der Waals surface area contributed by atoms with Gasteiger partial charge in [-0.1, -0.05) is 55.9 Å². The zero-order valence-corrected chi connectivity index (χ0v) is 12.9. The Hall–Kier alpha value is -0.570. The van der Waals surface area contributed by atoms with Crippen LogP contribution in [0.15, 0.2) is 5.16 Å². The molecule has 0 radical (unpaired) electrons. The van der Waals surface area contributed by atoms with E-state index in [4.69, 9.17) is 39.9 Å². The summed E-state index contributed by atoms with van der Waals surface area (Å²) >= 11 is 18.7. The fraction of sp³-hybridized carbons (Fsp3) is 0.500. The number of rotatable bonds is 7. The molecule has 0 saturated heterocycles. The Labute approximate surface area is 130 Å². The van der Waals surface area contributed by atoms with Gasteiger partial charge in [-0.3, -0.25) is 4.79 Å². The number of hydrogen-bond acceptors (Lipinski definition) is 6. The van der Waals surface area contributed by atoms with Crippen LogP contribution in [-0.2, 0) is 24.0 Å². The second-order valence-electron chi connectivity index (χ2n) is 2.85. The minimum atomic E-state index is -1.77. The Kier molecular flexibility index (Phi) is 8.31. The number of oxime groups is 1. The summed E-state index contributed by atoms with van der Waals surface area (Å²) in [6, 6.07) is 0. The molecule has 1 N–H and O–H groups in total. The summed E-state index contributed by atoms with van der Waals surface area (Å²) in [7, 11) is 0. The first-order valence-corrected chi connectivity index (χ1v) is 6.67. The molecule has 0 aromatic carbocycles. The van der Waals surface area contributed by atoms with E-state index in [1.54, 1.807) is 0 Å². The van der Waals surface area contributed by atoms with Crippen LogP contribution >= 0.6 is 50.7 Å². The molecular formula is C8H7BrCl3NO6. The fourth-order valence-electron chi connectivity index (χ4n) is 0.626. The number of carbonyl (C=O) groups is 3. The summed E-state index contributed by atoms with van der Waals surface area (Å²) in [6.07, 6.45) is 0. The van der Waals surface area contributed by atoms with Crippen molar-refractivity contribution in [1.82, 2.24) is 0 Å². The molecule has 0 aliphatic carbocycles. The lowest BCUT2D eigenvalue weighted by Gasteiger charge is -2.10. The van der Waals surface area contributed by atoms with Crippen LogP contribution in [0.25, 0.3) is 0 Å². The lowest BCUT2D eigenvalue weighted by atomic mass is 10.3. The quantitative estimate of drug-likeness (QED) is 0.228. The molecule has 0 aromatic rings. The molecule has 0 bridgehead atoms. The van der Waals surface area contributed by atoms with Crippen LogP contribution in [0.1, 0.15) is 0 Å². The normalized spacial score (nSPS) is 11.9. The van der Waals surface area contributed by atoms with Gasteiger partial charge < -0.3 is 14.7 Å². The summed E-state index contributed by atoms with van der Waals surface area (Å²) in [5.74, 6) is -3.34. The van der Waals surface area contributed by atoms with Crippen molar-refractivity contribution in [2.75, 3.05) is 18.5 Å². The van der Waals surface area contributed by atoms with E-state index in [0.29, 0.717) is 0 Å². The number of ether oxygens (including phenoxy) is 1.